The van der Waals surface area contributed by atoms with Crippen LogP contribution < -0.4 is 0 Å². The fraction of sp³-hybridized carbons (Fsp3) is 0.677. The molecule has 1 saturated heterocycles. The predicted octanol–water partition coefficient (Wildman–Crippen LogP) is 6.28. The normalized spacial score (nSPS) is 21.6. The quantitative estimate of drug-likeness (QED) is 0.290. The fourth-order valence-electron chi connectivity index (χ4n) is 5.26. The van der Waals surface area contributed by atoms with Gasteiger partial charge in [0.1, 0.15) is 5.60 Å². The monoisotopic (exact) mass is 558 g/mol. The third-order valence-corrected chi connectivity index (χ3v) is 12.8. The summed E-state index contributed by atoms with van der Waals surface area (Å²) in [5.74, 6) is -0.311. The first-order chi connectivity index (χ1) is 17.9. The van der Waals surface area contributed by atoms with Gasteiger partial charge in [-0.1, -0.05) is 45.0 Å². The lowest BCUT2D eigenvalue weighted by atomic mass is 9.82. The van der Waals surface area contributed by atoms with E-state index in [9.17, 15) is 9.59 Å². The second kappa shape index (κ2) is 11.8. The van der Waals surface area contributed by atoms with Gasteiger partial charge in [-0.25, -0.2) is 9.59 Å². The average molecular weight is 559 g/mol. The number of esters is 1. The molecule has 1 aromatic rings. The Labute approximate surface area is 237 Å². The van der Waals surface area contributed by atoms with Crippen molar-refractivity contribution < 1.29 is 23.5 Å². The highest BCUT2D eigenvalue weighted by molar-refractivity contribution is 6.74. The lowest BCUT2D eigenvalue weighted by Gasteiger charge is -2.49. The van der Waals surface area contributed by atoms with Gasteiger partial charge in [0.2, 0.25) is 0 Å². The molecule has 3 rings (SSSR count). The molecule has 8 heteroatoms. The average Bonchev–Trinajstić information content (AvgIpc) is 2.76. The number of nitrogens with zero attached hydrogens (tertiary/aromatic N) is 2. The minimum atomic E-state index is -1.88. The van der Waals surface area contributed by atoms with Crippen molar-refractivity contribution in [1.29, 1.82) is 0 Å². The Balaban J connectivity index is 1.93. The van der Waals surface area contributed by atoms with Gasteiger partial charge in [0.25, 0.3) is 0 Å². The Hall–Kier alpha value is -2.16. The number of hydrogen-bond donors (Lipinski definition) is 0. The number of likely N-dealkylation sites (N-methyl/N-ethyl adjacent to an activating group) is 1. The van der Waals surface area contributed by atoms with Crippen LogP contribution in [0, 0.1) is 0 Å². The molecule has 0 aromatic heterocycles. The van der Waals surface area contributed by atoms with Crippen molar-refractivity contribution in [3.63, 3.8) is 0 Å². The van der Waals surface area contributed by atoms with Gasteiger partial charge in [-0.3, -0.25) is 4.90 Å². The highest BCUT2D eigenvalue weighted by atomic mass is 28.4. The van der Waals surface area contributed by atoms with Gasteiger partial charge in [0.05, 0.1) is 18.2 Å². The summed E-state index contributed by atoms with van der Waals surface area (Å²) < 4.78 is 17.8. The van der Waals surface area contributed by atoms with Gasteiger partial charge in [-0.15, -0.1) is 0 Å². The van der Waals surface area contributed by atoms with Gasteiger partial charge in [0, 0.05) is 25.2 Å². The second-order valence-corrected chi connectivity index (χ2v) is 18.4. The minimum Gasteiger partial charge on any atom is -0.463 e. The molecule has 2 aliphatic rings. The molecule has 2 bridgehead atoms. The molecular weight excluding hydrogens is 508 g/mol. The maximum absolute atomic E-state index is 13.4. The van der Waals surface area contributed by atoms with Gasteiger partial charge in [0.15, 0.2) is 8.32 Å². The number of benzene rings is 1. The molecule has 1 amide bonds. The first-order valence-corrected chi connectivity index (χ1v) is 17.2. The van der Waals surface area contributed by atoms with Crippen molar-refractivity contribution in [3.05, 3.63) is 41.0 Å². The first-order valence-electron chi connectivity index (χ1n) is 14.3. The van der Waals surface area contributed by atoms with Crippen molar-refractivity contribution in [2.75, 3.05) is 26.7 Å². The van der Waals surface area contributed by atoms with Crippen LogP contribution in [0.15, 0.2) is 29.8 Å². The lowest BCUT2D eigenvalue weighted by molar-refractivity contribution is -0.140. The van der Waals surface area contributed by atoms with Gasteiger partial charge < -0.3 is 18.8 Å². The van der Waals surface area contributed by atoms with E-state index in [-0.39, 0.29) is 35.3 Å². The fourth-order valence-corrected chi connectivity index (χ4v) is 6.70. The topological polar surface area (TPSA) is 68.3 Å². The predicted molar refractivity (Wildman–Crippen MR) is 159 cm³/mol. The standard InChI is InChI=1S/C31H50N2O5Si/c1-12-36-28(34)27-25(18-24-19-33(20-26(27)32(24)9)29(35)37-30(3,4)5)23-15-13-14-22(17-23)16-21(2)38-39(10,11)31(6,7)8/h13-15,17,21,24,26H,12,16,18-20H2,1-11H3. The highest BCUT2D eigenvalue weighted by Crippen LogP contribution is 2.40. The van der Waals surface area contributed by atoms with Crippen LogP contribution in [0.1, 0.15) is 72.9 Å². The Bertz CT molecular complexity index is 1090. The number of amides is 1. The number of ether oxygens (including phenoxy) is 2. The summed E-state index contributed by atoms with van der Waals surface area (Å²) in [5.41, 5.74) is 3.32. The van der Waals surface area contributed by atoms with E-state index in [1.165, 1.54) is 5.56 Å². The molecule has 39 heavy (non-hydrogen) atoms. The Morgan fingerprint density at radius 3 is 2.36 bits per heavy atom. The zero-order valence-electron chi connectivity index (χ0n) is 26.0. The number of fused-ring (bicyclic) bond motifs is 2. The van der Waals surface area contributed by atoms with Crippen molar-refractivity contribution in [2.24, 2.45) is 0 Å². The van der Waals surface area contributed by atoms with Crippen molar-refractivity contribution >= 4 is 26.0 Å². The van der Waals surface area contributed by atoms with E-state index in [4.69, 9.17) is 13.9 Å². The van der Waals surface area contributed by atoms with E-state index in [2.05, 4.69) is 70.0 Å². The molecule has 1 aromatic carbocycles. The Morgan fingerprint density at radius 2 is 1.77 bits per heavy atom. The Morgan fingerprint density at radius 1 is 1.10 bits per heavy atom. The molecule has 0 N–H and O–H groups in total. The summed E-state index contributed by atoms with van der Waals surface area (Å²) in [6.07, 6.45) is 1.22. The molecule has 2 aliphatic heterocycles. The summed E-state index contributed by atoms with van der Waals surface area (Å²) in [6, 6.07) is 8.31. The van der Waals surface area contributed by atoms with Crippen LogP contribution >= 0.6 is 0 Å². The molecule has 2 heterocycles. The van der Waals surface area contributed by atoms with E-state index in [0.29, 0.717) is 31.7 Å². The van der Waals surface area contributed by atoms with Gasteiger partial charge >= 0.3 is 12.1 Å². The van der Waals surface area contributed by atoms with Crippen LogP contribution in [-0.4, -0.2) is 80.7 Å². The molecular formula is C31H50N2O5Si. The van der Waals surface area contributed by atoms with Crippen LogP contribution in [0.3, 0.4) is 0 Å². The highest BCUT2D eigenvalue weighted by Gasteiger charge is 2.45. The van der Waals surface area contributed by atoms with Crippen LogP contribution in [0.2, 0.25) is 18.1 Å². The third kappa shape index (κ3) is 7.53. The summed E-state index contributed by atoms with van der Waals surface area (Å²) in [6.45, 7) is 22.2. The molecule has 0 saturated carbocycles. The van der Waals surface area contributed by atoms with Gasteiger partial charge in [-0.05, 0) is 89.3 Å². The largest absolute Gasteiger partial charge is 0.463 e. The van der Waals surface area contributed by atoms with E-state index in [0.717, 1.165) is 17.6 Å². The van der Waals surface area contributed by atoms with Crippen LogP contribution in [0.5, 0.6) is 0 Å². The van der Waals surface area contributed by atoms with Crippen LogP contribution in [0.4, 0.5) is 4.79 Å². The minimum absolute atomic E-state index is 0.0777. The molecule has 3 atom stereocenters. The Kier molecular flexibility index (Phi) is 9.45. The molecule has 3 unspecified atom stereocenters. The maximum atomic E-state index is 13.4. The summed E-state index contributed by atoms with van der Waals surface area (Å²) in [4.78, 5) is 30.3. The number of carbonyl (C=O) groups excluding carboxylic acids is 2. The molecule has 1 fully saturated rings. The lowest BCUT2D eigenvalue weighted by Crippen LogP contribution is -2.62. The van der Waals surface area contributed by atoms with Crippen LogP contribution in [-0.2, 0) is 25.1 Å². The van der Waals surface area contributed by atoms with Crippen molar-refractivity contribution in [2.45, 2.75) is 110 Å². The maximum Gasteiger partial charge on any atom is 0.410 e. The molecule has 7 nitrogen and oxygen atoms in total. The molecule has 218 valence electrons. The van der Waals surface area contributed by atoms with Gasteiger partial charge in [-0.2, -0.15) is 0 Å². The van der Waals surface area contributed by atoms with Crippen LogP contribution in [0.25, 0.3) is 5.57 Å². The third-order valence-electron chi connectivity index (χ3n) is 8.24. The number of rotatable bonds is 7. The van der Waals surface area contributed by atoms with E-state index in [1.54, 1.807) is 4.90 Å². The number of piperazine rings is 1. The number of hydrogen-bond acceptors (Lipinski definition) is 6. The smallest absolute Gasteiger partial charge is 0.410 e. The zero-order chi connectivity index (χ0) is 29.3. The van der Waals surface area contributed by atoms with Crippen molar-refractivity contribution in [3.8, 4) is 0 Å². The SMILES string of the molecule is CCOC(=O)C1=C(c2cccc(CC(C)O[Si](C)(C)C(C)(C)C)c2)CC2CN(C(=O)OC(C)(C)C)CC1N2C. The second-order valence-electron chi connectivity index (χ2n) is 13.6. The van der Waals surface area contributed by atoms with Crippen molar-refractivity contribution in [1.82, 2.24) is 9.80 Å². The molecule has 0 aliphatic carbocycles. The molecule has 0 spiro atoms. The van der Waals surface area contributed by atoms with E-state index >= 15 is 0 Å². The van der Waals surface area contributed by atoms with E-state index in [1.807, 2.05) is 34.7 Å². The summed E-state index contributed by atoms with van der Waals surface area (Å²) in [7, 11) is 0.160. The van der Waals surface area contributed by atoms with E-state index < -0.39 is 13.9 Å². The first kappa shape index (κ1) is 31.4. The number of carbonyl (C=O) groups is 2. The molecule has 0 radical (unpaired) electrons. The summed E-state index contributed by atoms with van der Waals surface area (Å²) in [5, 5.41) is 0.154. The zero-order valence-corrected chi connectivity index (χ0v) is 27.0. The summed E-state index contributed by atoms with van der Waals surface area (Å²) >= 11 is 0.